The van der Waals surface area contributed by atoms with E-state index in [1.54, 1.807) is 12.3 Å². The highest BCUT2D eigenvalue weighted by Gasteiger charge is 2.19. The standard InChI is InChI=1S/C20H15N5O4S/c26-25(27)17-10-13-18(22-8-6-12-4-5-15-16(9-12)29-11-28-15)23-19(24-20(13)30-17)14-3-1-2-7-21-14/h1-5,7,9-10H,6,8,11H2,(H,22,23,24). The molecule has 0 saturated heterocycles. The number of nitrogens with zero attached hydrogens (tertiary/aromatic N) is 4. The van der Waals surface area contributed by atoms with E-state index in [2.05, 4.69) is 20.3 Å². The molecule has 1 aromatic carbocycles. The molecule has 1 aliphatic rings. The topological polar surface area (TPSA) is 112 Å². The number of hydrogen-bond donors (Lipinski definition) is 1. The van der Waals surface area contributed by atoms with E-state index in [4.69, 9.17) is 9.47 Å². The summed E-state index contributed by atoms with van der Waals surface area (Å²) in [7, 11) is 0. The predicted molar refractivity (Wildman–Crippen MR) is 112 cm³/mol. The lowest BCUT2D eigenvalue weighted by Gasteiger charge is -2.09. The van der Waals surface area contributed by atoms with Crippen LogP contribution in [-0.2, 0) is 6.42 Å². The highest BCUT2D eigenvalue weighted by Crippen LogP contribution is 2.35. The zero-order valence-electron chi connectivity index (χ0n) is 15.6. The van der Waals surface area contributed by atoms with Crippen molar-refractivity contribution >= 4 is 32.4 Å². The fraction of sp³-hybridized carbons (Fsp3) is 0.150. The maximum atomic E-state index is 11.2. The summed E-state index contributed by atoms with van der Waals surface area (Å²) in [5.74, 6) is 2.45. The number of rotatable bonds is 6. The second kappa shape index (κ2) is 7.56. The molecule has 0 amide bonds. The lowest BCUT2D eigenvalue weighted by Crippen LogP contribution is -2.08. The first kappa shape index (κ1) is 18.3. The maximum absolute atomic E-state index is 11.2. The first-order chi connectivity index (χ1) is 14.7. The van der Waals surface area contributed by atoms with Crippen LogP contribution in [0, 0.1) is 10.1 Å². The quantitative estimate of drug-likeness (QED) is 0.367. The van der Waals surface area contributed by atoms with Crippen LogP contribution in [0.2, 0.25) is 0 Å². The first-order valence-corrected chi connectivity index (χ1v) is 9.99. The van der Waals surface area contributed by atoms with Gasteiger partial charge in [-0.3, -0.25) is 15.1 Å². The number of ether oxygens (including phenoxy) is 2. The maximum Gasteiger partial charge on any atom is 0.326 e. The number of nitro groups is 1. The van der Waals surface area contributed by atoms with Crippen molar-refractivity contribution in [3.63, 3.8) is 0 Å². The third-order valence-corrected chi connectivity index (χ3v) is 5.58. The Balaban J connectivity index is 1.43. The zero-order chi connectivity index (χ0) is 20.5. The van der Waals surface area contributed by atoms with Crippen molar-refractivity contribution in [2.75, 3.05) is 18.7 Å². The summed E-state index contributed by atoms with van der Waals surface area (Å²) in [5, 5.41) is 15.2. The van der Waals surface area contributed by atoms with Crippen LogP contribution >= 0.6 is 11.3 Å². The molecule has 5 rings (SSSR count). The number of aromatic nitrogens is 3. The minimum Gasteiger partial charge on any atom is -0.454 e. The number of benzene rings is 1. The van der Waals surface area contributed by atoms with Gasteiger partial charge in [-0.25, -0.2) is 9.97 Å². The van der Waals surface area contributed by atoms with E-state index in [-0.39, 0.29) is 11.8 Å². The van der Waals surface area contributed by atoms with Gasteiger partial charge in [0, 0.05) is 18.8 Å². The summed E-state index contributed by atoms with van der Waals surface area (Å²) in [6.45, 7) is 0.820. The Morgan fingerprint density at radius 3 is 2.87 bits per heavy atom. The van der Waals surface area contributed by atoms with E-state index in [0.29, 0.717) is 40.5 Å². The van der Waals surface area contributed by atoms with Crippen molar-refractivity contribution in [1.29, 1.82) is 0 Å². The summed E-state index contributed by atoms with van der Waals surface area (Å²) in [4.78, 5) is 24.7. The van der Waals surface area contributed by atoms with Gasteiger partial charge in [-0.2, -0.15) is 0 Å². The van der Waals surface area contributed by atoms with Crippen molar-refractivity contribution in [3.8, 4) is 23.0 Å². The fourth-order valence-electron chi connectivity index (χ4n) is 3.16. The van der Waals surface area contributed by atoms with Gasteiger partial charge in [-0.05, 0) is 47.6 Å². The van der Waals surface area contributed by atoms with E-state index in [9.17, 15) is 10.1 Å². The molecule has 0 aliphatic carbocycles. The van der Waals surface area contributed by atoms with Crippen molar-refractivity contribution in [2.45, 2.75) is 6.42 Å². The second-order valence-electron chi connectivity index (χ2n) is 6.54. The van der Waals surface area contributed by atoms with Gasteiger partial charge in [0.1, 0.15) is 16.3 Å². The third-order valence-electron chi connectivity index (χ3n) is 4.60. The Labute approximate surface area is 174 Å². The van der Waals surface area contributed by atoms with Crippen molar-refractivity contribution in [1.82, 2.24) is 15.0 Å². The van der Waals surface area contributed by atoms with Gasteiger partial charge in [0.15, 0.2) is 17.3 Å². The molecule has 10 heteroatoms. The molecule has 4 heterocycles. The van der Waals surface area contributed by atoms with Crippen molar-refractivity contribution < 1.29 is 14.4 Å². The van der Waals surface area contributed by atoms with Gasteiger partial charge in [0.05, 0.1) is 10.3 Å². The van der Waals surface area contributed by atoms with Crippen LogP contribution in [0.1, 0.15) is 5.56 Å². The number of pyridine rings is 1. The summed E-state index contributed by atoms with van der Waals surface area (Å²) < 4.78 is 10.8. The van der Waals surface area contributed by atoms with Crippen LogP contribution in [0.5, 0.6) is 11.5 Å². The number of thiophene rings is 1. The highest BCUT2D eigenvalue weighted by atomic mass is 32.1. The van der Waals surface area contributed by atoms with Crippen molar-refractivity contribution in [3.05, 3.63) is 64.3 Å². The van der Waals surface area contributed by atoms with Gasteiger partial charge in [-0.15, -0.1) is 0 Å². The molecule has 0 fully saturated rings. The minimum atomic E-state index is -0.414. The lowest BCUT2D eigenvalue weighted by molar-refractivity contribution is -0.380. The average Bonchev–Trinajstić information content (AvgIpc) is 3.41. The van der Waals surface area contributed by atoms with Crippen LogP contribution in [0.4, 0.5) is 10.8 Å². The Morgan fingerprint density at radius 2 is 2.03 bits per heavy atom. The molecular weight excluding hydrogens is 406 g/mol. The summed E-state index contributed by atoms with van der Waals surface area (Å²) in [5.41, 5.74) is 1.69. The summed E-state index contributed by atoms with van der Waals surface area (Å²) in [6, 6.07) is 12.8. The molecule has 3 aromatic heterocycles. The Hall–Kier alpha value is -3.79. The van der Waals surface area contributed by atoms with Crippen LogP contribution < -0.4 is 14.8 Å². The molecule has 150 valence electrons. The Bertz CT molecular complexity index is 1240. The predicted octanol–water partition coefficient (Wildman–Crippen LogP) is 4.04. The summed E-state index contributed by atoms with van der Waals surface area (Å²) >= 11 is 1.02. The van der Waals surface area contributed by atoms with E-state index in [1.807, 2.05) is 30.3 Å². The molecule has 0 atom stereocenters. The Morgan fingerprint density at radius 1 is 1.13 bits per heavy atom. The van der Waals surface area contributed by atoms with E-state index >= 15 is 0 Å². The van der Waals surface area contributed by atoms with Gasteiger partial charge in [0.25, 0.3) is 0 Å². The molecular formula is C20H15N5O4S. The number of anilines is 1. The van der Waals surface area contributed by atoms with E-state index in [1.165, 1.54) is 6.07 Å². The van der Waals surface area contributed by atoms with Crippen LogP contribution in [0.15, 0.2) is 48.7 Å². The van der Waals surface area contributed by atoms with Crippen LogP contribution in [0.3, 0.4) is 0 Å². The van der Waals surface area contributed by atoms with Crippen LogP contribution in [0.25, 0.3) is 21.7 Å². The Kier molecular flexibility index (Phi) is 4.60. The third kappa shape index (κ3) is 3.48. The van der Waals surface area contributed by atoms with Crippen molar-refractivity contribution in [2.24, 2.45) is 0 Å². The molecule has 0 spiro atoms. The van der Waals surface area contributed by atoms with E-state index in [0.717, 1.165) is 28.4 Å². The van der Waals surface area contributed by atoms with Gasteiger partial charge in [-0.1, -0.05) is 12.1 Å². The second-order valence-corrected chi connectivity index (χ2v) is 7.54. The molecule has 4 aromatic rings. The molecule has 1 N–H and O–H groups in total. The van der Waals surface area contributed by atoms with Gasteiger partial charge < -0.3 is 14.8 Å². The number of hydrogen-bond acceptors (Lipinski definition) is 9. The molecule has 1 aliphatic heterocycles. The average molecular weight is 421 g/mol. The molecule has 0 saturated carbocycles. The fourth-order valence-corrected chi connectivity index (χ4v) is 4.01. The lowest BCUT2D eigenvalue weighted by atomic mass is 10.1. The zero-order valence-corrected chi connectivity index (χ0v) is 16.4. The molecule has 9 nitrogen and oxygen atoms in total. The SMILES string of the molecule is O=[N+]([O-])c1cc2c(NCCc3ccc4c(c3)OCO4)nc(-c3ccccn3)nc2s1. The molecule has 0 bridgehead atoms. The minimum absolute atomic E-state index is 0.0243. The number of nitrogens with one attached hydrogen (secondary N) is 1. The van der Waals surface area contributed by atoms with Gasteiger partial charge in [0.2, 0.25) is 6.79 Å². The van der Waals surface area contributed by atoms with Gasteiger partial charge >= 0.3 is 5.00 Å². The van der Waals surface area contributed by atoms with E-state index < -0.39 is 4.92 Å². The number of fused-ring (bicyclic) bond motifs is 2. The smallest absolute Gasteiger partial charge is 0.326 e. The largest absolute Gasteiger partial charge is 0.454 e. The highest BCUT2D eigenvalue weighted by molar-refractivity contribution is 7.21. The van der Waals surface area contributed by atoms with Crippen LogP contribution in [-0.4, -0.2) is 33.2 Å². The molecule has 0 unspecified atom stereocenters. The normalized spacial score (nSPS) is 12.3. The first-order valence-electron chi connectivity index (χ1n) is 9.17. The molecule has 30 heavy (non-hydrogen) atoms. The summed E-state index contributed by atoms with van der Waals surface area (Å²) in [6.07, 6.45) is 2.37. The molecule has 0 radical (unpaired) electrons. The monoisotopic (exact) mass is 421 g/mol.